The fourth-order valence-electron chi connectivity index (χ4n) is 4.60. The highest BCUT2D eigenvalue weighted by Gasteiger charge is 2.31. The van der Waals surface area contributed by atoms with Gasteiger partial charge >= 0.3 is 0 Å². The molecule has 0 spiro atoms. The first-order valence-corrected chi connectivity index (χ1v) is 11.6. The second-order valence-corrected chi connectivity index (χ2v) is 9.12. The van der Waals surface area contributed by atoms with Gasteiger partial charge in [-0.15, -0.1) is 0 Å². The van der Waals surface area contributed by atoms with Crippen molar-refractivity contribution < 1.29 is 23.8 Å². The minimum Gasteiger partial charge on any atom is -0.508 e. The van der Waals surface area contributed by atoms with E-state index in [9.17, 15) is 19.5 Å². The Morgan fingerprint density at radius 2 is 1.83 bits per heavy atom. The number of carbonyl (C=O) groups excluding carboxylic acids is 2. The van der Waals surface area contributed by atoms with E-state index in [1.807, 2.05) is 18.9 Å². The van der Waals surface area contributed by atoms with Gasteiger partial charge in [0.25, 0.3) is 11.8 Å². The molecule has 3 heterocycles. The molecule has 1 fully saturated rings. The number of aromatic hydroxyl groups is 1. The van der Waals surface area contributed by atoms with Crippen LogP contribution in [0, 0.1) is 5.82 Å². The summed E-state index contributed by atoms with van der Waals surface area (Å²) in [6.45, 7) is 4.89. The van der Waals surface area contributed by atoms with Gasteiger partial charge in [0.2, 0.25) is 5.43 Å². The molecule has 3 aromatic rings. The van der Waals surface area contributed by atoms with Crippen LogP contribution in [0.3, 0.4) is 0 Å². The Labute approximate surface area is 205 Å². The third-order valence-electron chi connectivity index (χ3n) is 6.60. The number of rotatable bonds is 3. The predicted molar refractivity (Wildman–Crippen MR) is 131 cm³/mol. The topological polar surface area (TPSA) is 116 Å². The molecule has 1 aromatic heterocycles. The summed E-state index contributed by atoms with van der Waals surface area (Å²) in [5.41, 5.74) is 4.43. The average molecular weight is 496 g/mol. The van der Waals surface area contributed by atoms with Gasteiger partial charge < -0.3 is 24.2 Å². The summed E-state index contributed by atoms with van der Waals surface area (Å²) in [6, 6.07) is 6.53. The molecular weight excluding hydrogens is 469 g/mol. The third kappa shape index (κ3) is 4.11. The first-order chi connectivity index (χ1) is 17.2. The minimum atomic E-state index is -0.844. The second kappa shape index (κ2) is 9.15. The van der Waals surface area contributed by atoms with Crippen LogP contribution in [0.4, 0.5) is 10.1 Å². The Morgan fingerprint density at radius 3 is 2.56 bits per heavy atom. The average Bonchev–Trinajstić information content (AvgIpc) is 2.86. The monoisotopic (exact) mass is 495 g/mol. The van der Waals surface area contributed by atoms with Crippen LogP contribution in [0.2, 0.25) is 0 Å². The van der Waals surface area contributed by atoms with Crippen molar-refractivity contribution in [3.8, 4) is 11.5 Å². The molecule has 0 bridgehead atoms. The number of hydrogen-bond donors (Lipinski definition) is 3. The molecule has 2 amide bonds. The fourth-order valence-corrected chi connectivity index (χ4v) is 4.60. The molecule has 1 unspecified atom stereocenters. The Bertz CT molecular complexity index is 1430. The summed E-state index contributed by atoms with van der Waals surface area (Å²) in [4.78, 5) is 42.6. The van der Waals surface area contributed by atoms with Gasteiger partial charge in [-0.25, -0.2) is 4.39 Å². The van der Waals surface area contributed by atoms with Crippen LogP contribution in [-0.4, -0.2) is 66.2 Å². The van der Waals surface area contributed by atoms with E-state index in [0.29, 0.717) is 30.0 Å². The number of nitrogens with zero attached hydrogens (tertiary/aromatic N) is 3. The van der Waals surface area contributed by atoms with Crippen LogP contribution in [0.15, 0.2) is 41.3 Å². The molecule has 2 aliphatic rings. The molecule has 3 N–H and O–H groups in total. The van der Waals surface area contributed by atoms with Gasteiger partial charge in [0.1, 0.15) is 23.6 Å². The minimum absolute atomic E-state index is 0.0267. The van der Waals surface area contributed by atoms with E-state index in [4.69, 9.17) is 4.74 Å². The third-order valence-corrected chi connectivity index (χ3v) is 6.60. The molecule has 2 aromatic carbocycles. The molecule has 10 nitrogen and oxygen atoms in total. The van der Waals surface area contributed by atoms with Crippen LogP contribution in [0.25, 0.3) is 10.9 Å². The zero-order chi connectivity index (χ0) is 25.6. The van der Waals surface area contributed by atoms with E-state index in [0.717, 1.165) is 19.2 Å². The molecule has 0 aliphatic carbocycles. The molecule has 2 aliphatic heterocycles. The normalized spacial score (nSPS) is 17.5. The summed E-state index contributed by atoms with van der Waals surface area (Å²) in [5.74, 6) is -1.91. The molecule has 36 heavy (non-hydrogen) atoms. The lowest BCUT2D eigenvalue weighted by atomic mass is 10.0. The van der Waals surface area contributed by atoms with Crippen molar-refractivity contribution in [2.24, 2.45) is 0 Å². The van der Waals surface area contributed by atoms with Gasteiger partial charge in [0.15, 0.2) is 11.6 Å². The number of amides is 2. The molecule has 11 heteroatoms. The Morgan fingerprint density at radius 1 is 1.11 bits per heavy atom. The predicted octanol–water partition coefficient (Wildman–Crippen LogP) is 1.63. The number of anilines is 1. The Kier molecular flexibility index (Phi) is 6.00. The number of pyridine rings is 1. The molecule has 1 atom stereocenters. The van der Waals surface area contributed by atoms with Crippen LogP contribution in [0.5, 0.6) is 11.5 Å². The summed E-state index contributed by atoms with van der Waals surface area (Å²) < 4.78 is 23.1. The molecule has 5 rings (SSSR count). The van der Waals surface area contributed by atoms with Gasteiger partial charge in [-0.3, -0.25) is 25.2 Å². The fraction of sp³-hybridized carbons (Fsp3) is 0.320. The highest BCUT2D eigenvalue weighted by atomic mass is 19.1. The first-order valence-electron chi connectivity index (χ1n) is 11.6. The van der Waals surface area contributed by atoms with Crippen molar-refractivity contribution in [3.05, 3.63) is 63.7 Å². The van der Waals surface area contributed by atoms with E-state index in [2.05, 4.69) is 15.8 Å². The quantitative estimate of drug-likeness (QED) is 0.473. The maximum Gasteiger partial charge on any atom is 0.275 e. The highest BCUT2D eigenvalue weighted by molar-refractivity contribution is 6.02. The SMILES string of the molecule is CC1COc2c(N3CCN(C)CC3)c(F)cc3c(=O)c(C(=O)NNC(=O)c4cccc(O)c4)cn1c23. The summed E-state index contributed by atoms with van der Waals surface area (Å²) >= 11 is 0. The second-order valence-electron chi connectivity index (χ2n) is 9.12. The van der Waals surface area contributed by atoms with E-state index < -0.39 is 23.1 Å². The first kappa shape index (κ1) is 23.6. The number of hydrazine groups is 1. The maximum atomic E-state index is 15.4. The van der Waals surface area contributed by atoms with Crippen molar-refractivity contribution in [3.63, 3.8) is 0 Å². The van der Waals surface area contributed by atoms with E-state index in [1.165, 1.54) is 30.5 Å². The number of carbonyl (C=O) groups is 2. The van der Waals surface area contributed by atoms with Gasteiger partial charge in [-0.05, 0) is 38.2 Å². The van der Waals surface area contributed by atoms with Gasteiger partial charge in [0, 0.05) is 37.9 Å². The van der Waals surface area contributed by atoms with Gasteiger partial charge in [-0.1, -0.05) is 6.07 Å². The van der Waals surface area contributed by atoms with Crippen molar-refractivity contribution in [1.82, 2.24) is 20.3 Å². The number of benzene rings is 2. The summed E-state index contributed by atoms with van der Waals surface area (Å²) in [5, 5.41) is 9.57. The standard InChI is InChI=1S/C25H26FN5O5/c1-14-13-36-23-20-17(11-19(26)21(23)30-8-6-29(2)7-9-30)22(33)18(12-31(14)20)25(35)28-27-24(34)15-4-3-5-16(32)10-15/h3-5,10-12,14,32H,6-9,13H2,1-2H3,(H,27,34)(H,28,35). The number of hydrogen-bond acceptors (Lipinski definition) is 7. The van der Waals surface area contributed by atoms with Crippen LogP contribution in [0.1, 0.15) is 33.7 Å². The van der Waals surface area contributed by atoms with Crippen LogP contribution >= 0.6 is 0 Å². The van der Waals surface area contributed by atoms with Gasteiger partial charge in [-0.2, -0.15) is 0 Å². The molecule has 0 saturated carbocycles. The van der Waals surface area contributed by atoms with E-state index in [1.54, 1.807) is 4.57 Å². The number of phenolic OH excluding ortho intramolecular Hbond substituents is 1. The maximum absolute atomic E-state index is 15.4. The number of piperazine rings is 1. The van der Waals surface area contributed by atoms with E-state index >= 15 is 4.39 Å². The summed E-state index contributed by atoms with van der Waals surface area (Å²) in [6.07, 6.45) is 1.42. The number of phenols is 1. The van der Waals surface area contributed by atoms with Crippen LogP contribution < -0.4 is 25.9 Å². The van der Waals surface area contributed by atoms with E-state index in [-0.39, 0.29) is 34.9 Å². The molecule has 0 radical (unpaired) electrons. The summed E-state index contributed by atoms with van der Waals surface area (Å²) in [7, 11) is 2.01. The highest BCUT2D eigenvalue weighted by Crippen LogP contribution is 2.42. The lowest BCUT2D eigenvalue weighted by molar-refractivity contribution is 0.0845. The van der Waals surface area contributed by atoms with Crippen molar-refractivity contribution in [2.75, 3.05) is 44.7 Å². The molecular formula is C25H26FN5O5. The molecule has 1 saturated heterocycles. The Balaban J connectivity index is 1.51. The number of halogens is 1. The number of likely N-dealkylation sites (N-methyl/N-ethyl adjacent to an activating group) is 1. The number of aromatic nitrogens is 1. The van der Waals surface area contributed by atoms with Crippen molar-refractivity contribution in [2.45, 2.75) is 13.0 Å². The van der Waals surface area contributed by atoms with Crippen molar-refractivity contribution in [1.29, 1.82) is 0 Å². The number of ether oxygens (including phenoxy) is 1. The van der Waals surface area contributed by atoms with Crippen molar-refractivity contribution >= 4 is 28.4 Å². The zero-order valence-corrected chi connectivity index (χ0v) is 19.9. The van der Waals surface area contributed by atoms with Crippen LogP contribution in [-0.2, 0) is 0 Å². The number of nitrogens with one attached hydrogen (secondary N) is 2. The Hall–Kier alpha value is -4.12. The smallest absolute Gasteiger partial charge is 0.275 e. The molecule has 188 valence electrons. The largest absolute Gasteiger partial charge is 0.508 e. The lowest BCUT2D eigenvalue weighted by Crippen LogP contribution is -2.45. The van der Waals surface area contributed by atoms with Gasteiger partial charge in [0.05, 0.1) is 16.9 Å². The zero-order valence-electron chi connectivity index (χ0n) is 19.9. The lowest BCUT2D eigenvalue weighted by Gasteiger charge is -2.37.